The van der Waals surface area contributed by atoms with Gasteiger partial charge in [-0.05, 0) is 26.7 Å². The Morgan fingerprint density at radius 3 is 2.25 bits per heavy atom. The third kappa shape index (κ3) is 6.70. The molecule has 0 radical (unpaired) electrons. The van der Waals surface area contributed by atoms with Gasteiger partial charge in [0.15, 0.2) is 0 Å². The van der Waals surface area contributed by atoms with Crippen LogP contribution in [0.1, 0.15) is 59.8 Å². The first-order valence-electron chi connectivity index (χ1n) is 6.67. The molecule has 1 N–H and O–H groups in total. The van der Waals surface area contributed by atoms with E-state index in [0.29, 0.717) is 6.04 Å². The minimum Gasteiger partial charge on any atom is -0.338 e. The van der Waals surface area contributed by atoms with Crippen molar-refractivity contribution in [2.45, 2.75) is 65.8 Å². The van der Waals surface area contributed by atoms with Crippen LogP contribution in [0.2, 0.25) is 0 Å². The second-order valence-electron chi connectivity index (χ2n) is 4.58. The van der Waals surface area contributed by atoms with Crippen molar-refractivity contribution in [2.24, 2.45) is 0 Å². The van der Waals surface area contributed by atoms with E-state index in [4.69, 9.17) is 0 Å². The van der Waals surface area contributed by atoms with Crippen LogP contribution >= 0.6 is 0 Å². The van der Waals surface area contributed by atoms with Crippen LogP contribution in [0.15, 0.2) is 0 Å². The molecule has 0 bridgehead atoms. The molecule has 0 fully saturated rings. The highest BCUT2D eigenvalue weighted by molar-refractivity contribution is 5.74. The van der Waals surface area contributed by atoms with Crippen molar-refractivity contribution >= 4 is 6.03 Å². The van der Waals surface area contributed by atoms with Gasteiger partial charge in [0.1, 0.15) is 0 Å². The van der Waals surface area contributed by atoms with Gasteiger partial charge in [0.25, 0.3) is 0 Å². The van der Waals surface area contributed by atoms with Crippen LogP contribution in [-0.4, -0.2) is 30.1 Å². The predicted octanol–water partition coefficient (Wildman–Crippen LogP) is 3.40. The standard InChI is InChI=1S/C13H28N2O/c1-5-7-9-11-15(12(3)4)13(16)14-10-8-6-2/h12H,5-11H2,1-4H3,(H,14,16). The summed E-state index contributed by atoms with van der Waals surface area (Å²) in [7, 11) is 0. The Hall–Kier alpha value is -0.730. The van der Waals surface area contributed by atoms with Gasteiger partial charge < -0.3 is 10.2 Å². The number of nitrogens with one attached hydrogen (secondary N) is 1. The number of unbranched alkanes of at least 4 members (excludes halogenated alkanes) is 3. The first-order chi connectivity index (χ1) is 7.63. The smallest absolute Gasteiger partial charge is 0.317 e. The molecule has 0 saturated heterocycles. The number of hydrogen-bond acceptors (Lipinski definition) is 1. The average molecular weight is 228 g/mol. The van der Waals surface area contributed by atoms with E-state index in [-0.39, 0.29) is 6.03 Å². The van der Waals surface area contributed by atoms with Crippen LogP contribution < -0.4 is 5.32 Å². The molecule has 2 amide bonds. The summed E-state index contributed by atoms with van der Waals surface area (Å²) >= 11 is 0. The molecule has 16 heavy (non-hydrogen) atoms. The summed E-state index contributed by atoms with van der Waals surface area (Å²) < 4.78 is 0. The Balaban J connectivity index is 3.93. The highest BCUT2D eigenvalue weighted by Gasteiger charge is 2.15. The number of carbonyl (C=O) groups excluding carboxylic acids is 1. The molecule has 0 atom stereocenters. The maximum absolute atomic E-state index is 11.9. The monoisotopic (exact) mass is 228 g/mol. The van der Waals surface area contributed by atoms with Crippen molar-refractivity contribution in [3.05, 3.63) is 0 Å². The highest BCUT2D eigenvalue weighted by Crippen LogP contribution is 2.03. The van der Waals surface area contributed by atoms with Gasteiger partial charge in [0.05, 0.1) is 0 Å². The van der Waals surface area contributed by atoms with E-state index < -0.39 is 0 Å². The molecule has 3 nitrogen and oxygen atoms in total. The lowest BCUT2D eigenvalue weighted by molar-refractivity contribution is 0.181. The van der Waals surface area contributed by atoms with Gasteiger partial charge in [-0.15, -0.1) is 0 Å². The summed E-state index contributed by atoms with van der Waals surface area (Å²) in [6.07, 6.45) is 5.69. The summed E-state index contributed by atoms with van der Waals surface area (Å²) in [6.45, 7) is 10.1. The van der Waals surface area contributed by atoms with Crippen molar-refractivity contribution in [3.63, 3.8) is 0 Å². The minimum atomic E-state index is 0.0968. The fraction of sp³-hybridized carbons (Fsp3) is 0.923. The lowest BCUT2D eigenvalue weighted by Gasteiger charge is -2.27. The molecule has 0 spiro atoms. The Morgan fingerprint density at radius 2 is 1.75 bits per heavy atom. The van der Waals surface area contributed by atoms with Crippen LogP contribution in [0.25, 0.3) is 0 Å². The zero-order valence-electron chi connectivity index (χ0n) is 11.4. The number of carbonyl (C=O) groups is 1. The van der Waals surface area contributed by atoms with Crippen molar-refractivity contribution in [1.82, 2.24) is 10.2 Å². The number of amides is 2. The van der Waals surface area contributed by atoms with Gasteiger partial charge in [-0.25, -0.2) is 4.79 Å². The molecule has 0 aliphatic rings. The topological polar surface area (TPSA) is 32.3 Å². The van der Waals surface area contributed by atoms with Gasteiger partial charge in [-0.1, -0.05) is 33.1 Å². The third-order valence-corrected chi connectivity index (χ3v) is 2.69. The van der Waals surface area contributed by atoms with Crippen LogP contribution in [0.5, 0.6) is 0 Å². The van der Waals surface area contributed by atoms with E-state index >= 15 is 0 Å². The van der Waals surface area contributed by atoms with Crippen LogP contribution in [0, 0.1) is 0 Å². The number of urea groups is 1. The summed E-state index contributed by atoms with van der Waals surface area (Å²) in [5.41, 5.74) is 0. The number of rotatable bonds is 8. The van der Waals surface area contributed by atoms with Crippen LogP contribution in [0.3, 0.4) is 0 Å². The molecule has 0 aromatic rings. The van der Waals surface area contributed by atoms with Crippen molar-refractivity contribution in [3.8, 4) is 0 Å². The van der Waals surface area contributed by atoms with Gasteiger partial charge in [-0.3, -0.25) is 0 Å². The van der Waals surface area contributed by atoms with Crippen molar-refractivity contribution in [1.29, 1.82) is 0 Å². The van der Waals surface area contributed by atoms with Crippen molar-refractivity contribution < 1.29 is 4.79 Å². The van der Waals surface area contributed by atoms with E-state index in [1.165, 1.54) is 12.8 Å². The number of hydrogen-bond donors (Lipinski definition) is 1. The summed E-state index contributed by atoms with van der Waals surface area (Å²) in [5, 5.41) is 2.98. The van der Waals surface area contributed by atoms with E-state index in [1.807, 2.05) is 4.90 Å². The van der Waals surface area contributed by atoms with Gasteiger partial charge >= 0.3 is 6.03 Å². The largest absolute Gasteiger partial charge is 0.338 e. The quantitative estimate of drug-likeness (QED) is 0.634. The van der Waals surface area contributed by atoms with Crippen LogP contribution in [-0.2, 0) is 0 Å². The average Bonchev–Trinajstić information content (AvgIpc) is 2.24. The number of nitrogens with zero attached hydrogens (tertiary/aromatic N) is 1. The SMILES string of the molecule is CCCCCN(C(=O)NCCCC)C(C)C. The fourth-order valence-corrected chi connectivity index (χ4v) is 1.60. The zero-order valence-corrected chi connectivity index (χ0v) is 11.4. The predicted molar refractivity (Wildman–Crippen MR) is 69.7 cm³/mol. The lowest BCUT2D eigenvalue weighted by atomic mass is 10.2. The molecule has 0 rings (SSSR count). The Morgan fingerprint density at radius 1 is 1.12 bits per heavy atom. The second-order valence-corrected chi connectivity index (χ2v) is 4.58. The fourth-order valence-electron chi connectivity index (χ4n) is 1.60. The Bertz CT molecular complexity index is 181. The first kappa shape index (κ1) is 15.3. The first-order valence-corrected chi connectivity index (χ1v) is 6.67. The maximum atomic E-state index is 11.9. The maximum Gasteiger partial charge on any atom is 0.317 e. The van der Waals surface area contributed by atoms with Crippen LogP contribution in [0.4, 0.5) is 4.79 Å². The van der Waals surface area contributed by atoms with Gasteiger partial charge in [0.2, 0.25) is 0 Å². The Kier molecular flexibility index (Phi) is 9.06. The molecule has 96 valence electrons. The van der Waals surface area contributed by atoms with E-state index in [1.54, 1.807) is 0 Å². The molecule has 0 heterocycles. The Labute approximate surface area is 101 Å². The molecule has 0 aliphatic heterocycles. The third-order valence-electron chi connectivity index (χ3n) is 2.69. The molecule has 0 unspecified atom stereocenters. The molecule has 0 aliphatic carbocycles. The summed E-state index contributed by atoms with van der Waals surface area (Å²) in [4.78, 5) is 13.8. The van der Waals surface area contributed by atoms with Gasteiger partial charge in [0, 0.05) is 19.1 Å². The molecule has 0 saturated carbocycles. The van der Waals surface area contributed by atoms with Gasteiger partial charge in [-0.2, -0.15) is 0 Å². The minimum absolute atomic E-state index is 0.0968. The summed E-state index contributed by atoms with van der Waals surface area (Å²) in [5.74, 6) is 0. The normalized spacial score (nSPS) is 10.6. The van der Waals surface area contributed by atoms with E-state index in [2.05, 4.69) is 33.0 Å². The molecular weight excluding hydrogens is 200 g/mol. The molecule has 3 heteroatoms. The van der Waals surface area contributed by atoms with E-state index in [9.17, 15) is 4.79 Å². The zero-order chi connectivity index (χ0) is 12.4. The summed E-state index contributed by atoms with van der Waals surface area (Å²) in [6, 6.07) is 0.387. The molecular formula is C13H28N2O. The molecule has 0 aromatic carbocycles. The van der Waals surface area contributed by atoms with E-state index in [0.717, 1.165) is 32.4 Å². The second kappa shape index (κ2) is 9.49. The van der Waals surface area contributed by atoms with Crippen molar-refractivity contribution in [2.75, 3.05) is 13.1 Å². The highest BCUT2D eigenvalue weighted by atomic mass is 16.2. The lowest BCUT2D eigenvalue weighted by Crippen LogP contribution is -2.44. The molecule has 0 aromatic heterocycles.